The van der Waals surface area contributed by atoms with E-state index in [1.54, 1.807) is 4.90 Å². The van der Waals surface area contributed by atoms with Gasteiger partial charge in [-0.25, -0.2) is 9.59 Å². The molecule has 0 saturated carbocycles. The third-order valence-electron chi connectivity index (χ3n) is 3.57. The number of nitrogens with one attached hydrogen (secondary N) is 1. The van der Waals surface area contributed by atoms with Crippen molar-refractivity contribution in [3.8, 4) is 0 Å². The fraction of sp³-hybridized carbons (Fsp3) is 0.462. The summed E-state index contributed by atoms with van der Waals surface area (Å²) in [5.74, 6) is -0.856. The van der Waals surface area contributed by atoms with Gasteiger partial charge >= 0.3 is 12.0 Å². The Labute approximate surface area is 116 Å². The molecule has 108 valence electrons. The number of carbonyl (C=O) groups excluding carboxylic acids is 1. The molecule has 1 aromatic rings. The number of urea groups is 1. The van der Waals surface area contributed by atoms with Gasteiger partial charge in [-0.05, 0) is 18.4 Å². The largest absolute Gasteiger partial charge is 0.478 e. The van der Waals surface area contributed by atoms with Gasteiger partial charge in [-0.2, -0.15) is 0 Å². The number of aromatic carboxylic acids is 1. The molecule has 2 atom stereocenters. The summed E-state index contributed by atoms with van der Waals surface area (Å²) >= 11 is 0. The van der Waals surface area contributed by atoms with Gasteiger partial charge < -0.3 is 20.4 Å². The van der Waals surface area contributed by atoms with Crippen molar-refractivity contribution in [2.24, 2.45) is 5.92 Å². The van der Waals surface area contributed by atoms with Gasteiger partial charge in [0.15, 0.2) is 0 Å². The first-order valence-corrected chi connectivity index (χ1v) is 6.39. The maximum absolute atomic E-state index is 12.1. The highest BCUT2D eigenvalue weighted by Crippen LogP contribution is 2.24. The highest BCUT2D eigenvalue weighted by molar-refractivity contribution is 5.92. The zero-order valence-corrected chi connectivity index (χ0v) is 11.1. The van der Waals surface area contributed by atoms with Gasteiger partial charge in [-0.1, -0.05) is 6.92 Å². The molecule has 7 nitrogen and oxygen atoms in total. The van der Waals surface area contributed by atoms with E-state index < -0.39 is 5.97 Å². The number of anilines is 1. The first-order valence-electron chi connectivity index (χ1n) is 6.39. The van der Waals surface area contributed by atoms with E-state index in [0.717, 1.165) is 6.42 Å². The van der Waals surface area contributed by atoms with E-state index in [-0.39, 0.29) is 30.2 Å². The molecule has 2 heterocycles. The molecule has 0 bridgehead atoms. The Morgan fingerprint density at radius 1 is 1.50 bits per heavy atom. The smallest absolute Gasteiger partial charge is 0.337 e. The van der Waals surface area contributed by atoms with Gasteiger partial charge in [-0.15, -0.1) is 0 Å². The molecule has 0 spiro atoms. The zero-order chi connectivity index (χ0) is 14.7. The summed E-state index contributed by atoms with van der Waals surface area (Å²) in [7, 11) is 0. The number of nitrogens with zero attached hydrogens (tertiary/aromatic N) is 2. The molecule has 7 heteroatoms. The van der Waals surface area contributed by atoms with Crippen LogP contribution >= 0.6 is 0 Å². The Hall–Kier alpha value is -2.15. The van der Waals surface area contributed by atoms with Crippen molar-refractivity contribution in [2.75, 3.05) is 18.5 Å². The van der Waals surface area contributed by atoms with Crippen LogP contribution in [0.3, 0.4) is 0 Å². The minimum atomic E-state index is -1.10. The van der Waals surface area contributed by atoms with E-state index in [1.807, 2.05) is 6.92 Å². The van der Waals surface area contributed by atoms with Crippen LogP contribution in [0.5, 0.6) is 0 Å². The number of rotatable bonds is 3. The number of hydrogen-bond donors (Lipinski definition) is 3. The summed E-state index contributed by atoms with van der Waals surface area (Å²) in [4.78, 5) is 28.3. The number of carboxylic acid groups (broad SMARTS) is 1. The van der Waals surface area contributed by atoms with Crippen molar-refractivity contribution < 1.29 is 19.8 Å². The van der Waals surface area contributed by atoms with Crippen molar-refractivity contribution >= 4 is 17.7 Å². The third-order valence-corrected chi connectivity index (χ3v) is 3.57. The second kappa shape index (κ2) is 5.87. The fourth-order valence-electron chi connectivity index (χ4n) is 2.36. The monoisotopic (exact) mass is 279 g/mol. The van der Waals surface area contributed by atoms with Gasteiger partial charge in [0.05, 0.1) is 30.1 Å². The van der Waals surface area contributed by atoms with E-state index in [4.69, 9.17) is 5.11 Å². The van der Waals surface area contributed by atoms with E-state index in [9.17, 15) is 14.7 Å². The second-order valence-electron chi connectivity index (χ2n) is 4.91. The summed E-state index contributed by atoms with van der Waals surface area (Å²) in [5.41, 5.74) is 0.336. The third kappa shape index (κ3) is 2.88. The number of carboxylic acids is 1. The number of hydrogen-bond acceptors (Lipinski definition) is 4. The first-order chi connectivity index (χ1) is 9.52. The van der Waals surface area contributed by atoms with Crippen molar-refractivity contribution in [1.29, 1.82) is 0 Å². The topological polar surface area (TPSA) is 103 Å². The minimum absolute atomic E-state index is 0.0105. The fourth-order valence-corrected chi connectivity index (χ4v) is 2.36. The normalized spacial score (nSPS) is 21.8. The summed E-state index contributed by atoms with van der Waals surface area (Å²) in [5, 5.41) is 20.8. The Kier molecular flexibility index (Phi) is 4.19. The molecule has 2 rings (SSSR count). The molecule has 0 radical (unpaired) electrons. The van der Waals surface area contributed by atoms with Gasteiger partial charge in [0, 0.05) is 12.7 Å². The quantitative estimate of drug-likeness (QED) is 0.766. The van der Waals surface area contributed by atoms with Crippen molar-refractivity contribution in [1.82, 2.24) is 9.88 Å². The van der Waals surface area contributed by atoms with Gasteiger partial charge in [0.25, 0.3) is 0 Å². The summed E-state index contributed by atoms with van der Waals surface area (Å²) in [6.07, 6.45) is 3.44. The van der Waals surface area contributed by atoms with Crippen LogP contribution in [0.2, 0.25) is 0 Å². The molecule has 3 N–H and O–H groups in total. The average molecular weight is 279 g/mol. The van der Waals surface area contributed by atoms with E-state index in [1.165, 1.54) is 18.5 Å². The molecule has 0 aliphatic carbocycles. The Balaban J connectivity index is 2.08. The zero-order valence-electron chi connectivity index (χ0n) is 11.1. The summed E-state index contributed by atoms with van der Waals surface area (Å²) in [6, 6.07) is 0.795. The molecular weight excluding hydrogens is 262 g/mol. The summed E-state index contributed by atoms with van der Waals surface area (Å²) in [6.45, 7) is 2.48. The maximum atomic E-state index is 12.1. The molecule has 2 amide bonds. The second-order valence-corrected chi connectivity index (χ2v) is 4.91. The van der Waals surface area contributed by atoms with E-state index in [0.29, 0.717) is 12.2 Å². The number of pyridine rings is 1. The van der Waals surface area contributed by atoms with Crippen LogP contribution in [0, 0.1) is 5.92 Å². The van der Waals surface area contributed by atoms with E-state index in [2.05, 4.69) is 10.3 Å². The van der Waals surface area contributed by atoms with Crippen LogP contribution in [0.4, 0.5) is 10.5 Å². The van der Waals surface area contributed by atoms with Crippen molar-refractivity contribution in [3.05, 3.63) is 24.0 Å². The lowest BCUT2D eigenvalue weighted by molar-refractivity contribution is 0.0696. The van der Waals surface area contributed by atoms with Gasteiger partial charge in [-0.3, -0.25) is 4.98 Å². The van der Waals surface area contributed by atoms with Crippen LogP contribution in [-0.4, -0.2) is 51.3 Å². The lowest BCUT2D eigenvalue weighted by atomic mass is 10.0. The van der Waals surface area contributed by atoms with Crippen LogP contribution < -0.4 is 5.32 Å². The number of carbonyl (C=O) groups is 2. The average Bonchev–Trinajstić information content (AvgIpc) is 2.80. The number of aromatic nitrogens is 1. The van der Waals surface area contributed by atoms with Crippen LogP contribution in [0.25, 0.3) is 0 Å². The minimum Gasteiger partial charge on any atom is -0.478 e. The van der Waals surface area contributed by atoms with Gasteiger partial charge in [0.1, 0.15) is 0 Å². The lowest BCUT2D eigenvalue weighted by Crippen LogP contribution is -2.42. The number of aliphatic hydroxyl groups excluding tert-OH is 1. The Morgan fingerprint density at radius 2 is 2.25 bits per heavy atom. The molecule has 2 unspecified atom stereocenters. The SMILES string of the molecule is CC1CCN(C(=O)Nc2cncc(C(=O)O)c2)C1CO. The molecule has 1 fully saturated rings. The molecule has 1 aliphatic heterocycles. The molecule has 1 aliphatic rings. The van der Waals surface area contributed by atoms with Crippen LogP contribution in [-0.2, 0) is 0 Å². The molecule has 0 aromatic carbocycles. The van der Waals surface area contributed by atoms with Crippen LogP contribution in [0.1, 0.15) is 23.7 Å². The Bertz CT molecular complexity index is 520. The lowest BCUT2D eigenvalue weighted by Gasteiger charge is -2.25. The molecule has 20 heavy (non-hydrogen) atoms. The van der Waals surface area contributed by atoms with Gasteiger partial charge in [0.2, 0.25) is 0 Å². The highest BCUT2D eigenvalue weighted by atomic mass is 16.4. The summed E-state index contributed by atoms with van der Waals surface area (Å²) < 4.78 is 0. The predicted octanol–water partition coefficient (Wildman–Crippen LogP) is 1.01. The number of likely N-dealkylation sites (tertiary alicyclic amines) is 1. The molecular formula is C13H17N3O4. The standard InChI is InChI=1S/C13H17N3O4/c1-8-2-3-16(11(8)7-17)13(20)15-10-4-9(12(18)19)5-14-6-10/h4-6,8,11,17H,2-3,7H2,1H3,(H,15,20)(H,18,19). The van der Waals surface area contributed by atoms with Crippen molar-refractivity contribution in [3.63, 3.8) is 0 Å². The Morgan fingerprint density at radius 3 is 2.90 bits per heavy atom. The van der Waals surface area contributed by atoms with Crippen LogP contribution in [0.15, 0.2) is 18.5 Å². The number of amides is 2. The van der Waals surface area contributed by atoms with Crippen molar-refractivity contribution in [2.45, 2.75) is 19.4 Å². The molecule has 1 saturated heterocycles. The first kappa shape index (κ1) is 14.3. The maximum Gasteiger partial charge on any atom is 0.337 e. The van der Waals surface area contributed by atoms with E-state index >= 15 is 0 Å². The molecule has 1 aromatic heterocycles. The number of aliphatic hydroxyl groups is 1. The predicted molar refractivity (Wildman–Crippen MR) is 71.6 cm³/mol. The highest BCUT2D eigenvalue weighted by Gasteiger charge is 2.33.